The van der Waals surface area contributed by atoms with E-state index in [9.17, 15) is 14.3 Å². The number of hydrogen-bond acceptors (Lipinski definition) is 5. The first-order chi connectivity index (χ1) is 12.7. The van der Waals surface area contributed by atoms with Crippen molar-refractivity contribution in [1.29, 1.82) is 0 Å². The largest absolute Gasteiger partial charge is 0.383 e. The summed E-state index contributed by atoms with van der Waals surface area (Å²) >= 11 is 6.08. The molecule has 0 radical (unpaired) electrons. The predicted molar refractivity (Wildman–Crippen MR) is 96.8 cm³/mol. The van der Waals surface area contributed by atoms with E-state index < -0.39 is 17.3 Å². The van der Waals surface area contributed by atoms with Crippen LogP contribution in [-0.4, -0.2) is 32.5 Å². The van der Waals surface area contributed by atoms with Gasteiger partial charge in [0.15, 0.2) is 0 Å². The highest BCUT2D eigenvalue weighted by Crippen LogP contribution is 2.33. The highest BCUT2D eigenvalue weighted by molar-refractivity contribution is 6.33. The number of rotatable bonds is 5. The van der Waals surface area contributed by atoms with Crippen molar-refractivity contribution in [2.45, 2.75) is 19.4 Å². The average molecular weight is 393 g/mol. The minimum Gasteiger partial charge on any atom is -0.383 e. The van der Waals surface area contributed by atoms with Gasteiger partial charge in [-0.1, -0.05) is 22.8 Å². The van der Waals surface area contributed by atoms with Gasteiger partial charge in [-0.25, -0.2) is 4.39 Å². The molecule has 27 heavy (non-hydrogen) atoms. The molecular weight excluding hydrogens is 375 g/mol. The number of carbonyl (C=O) groups is 1. The van der Waals surface area contributed by atoms with Gasteiger partial charge in [-0.05, 0) is 26.0 Å². The van der Waals surface area contributed by atoms with E-state index in [-0.39, 0.29) is 34.1 Å². The summed E-state index contributed by atoms with van der Waals surface area (Å²) in [6.45, 7) is 3.01. The zero-order valence-electron chi connectivity index (χ0n) is 15.0. The molecule has 0 aliphatic heterocycles. The summed E-state index contributed by atoms with van der Waals surface area (Å²) in [6.07, 6.45) is 3.17. The maximum Gasteiger partial charge on any atom is 0.257 e. The molecule has 0 aliphatic rings. The second-order valence-corrected chi connectivity index (χ2v) is 6.83. The van der Waals surface area contributed by atoms with Crippen molar-refractivity contribution in [2.75, 3.05) is 6.54 Å². The Hall–Kier alpha value is -2.71. The lowest BCUT2D eigenvalue weighted by Crippen LogP contribution is -2.38. The molecule has 142 valence electrons. The highest BCUT2D eigenvalue weighted by Gasteiger charge is 2.29. The molecule has 2 heterocycles. The fourth-order valence-electron chi connectivity index (χ4n) is 2.68. The lowest BCUT2D eigenvalue weighted by Gasteiger charge is -2.22. The van der Waals surface area contributed by atoms with Crippen molar-refractivity contribution >= 4 is 17.5 Å². The van der Waals surface area contributed by atoms with E-state index in [4.69, 9.17) is 16.1 Å². The van der Waals surface area contributed by atoms with Gasteiger partial charge in [-0.15, -0.1) is 0 Å². The Labute approximate surface area is 159 Å². The second-order valence-electron chi connectivity index (χ2n) is 6.42. The van der Waals surface area contributed by atoms with Gasteiger partial charge < -0.3 is 14.9 Å². The minimum atomic E-state index is -1.34. The quantitative estimate of drug-likeness (QED) is 0.696. The molecule has 1 unspecified atom stereocenters. The van der Waals surface area contributed by atoms with Crippen LogP contribution in [-0.2, 0) is 12.6 Å². The zero-order valence-corrected chi connectivity index (χ0v) is 15.7. The Morgan fingerprint density at radius 2 is 2.22 bits per heavy atom. The molecule has 3 rings (SSSR count). The van der Waals surface area contributed by atoms with Gasteiger partial charge >= 0.3 is 0 Å². The fraction of sp³-hybridized carbons (Fsp3) is 0.278. The first-order valence-corrected chi connectivity index (χ1v) is 8.49. The molecule has 0 spiro atoms. The van der Waals surface area contributed by atoms with Crippen LogP contribution in [0.1, 0.15) is 28.6 Å². The van der Waals surface area contributed by atoms with E-state index >= 15 is 0 Å². The SMILES string of the molecule is Cc1onc(-c2c(F)cccc2Cl)c1C(=O)NCC(C)(O)c1cnn(C)c1. The van der Waals surface area contributed by atoms with Crippen molar-refractivity contribution in [3.63, 3.8) is 0 Å². The first kappa shape index (κ1) is 19.1. The molecule has 1 amide bonds. The predicted octanol–water partition coefficient (Wildman–Crippen LogP) is 2.81. The van der Waals surface area contributed by atoms with Crippen LogP contribution in [0.15, 0.2) is 35.1 Å². The van der Waals surface area contributed by atoms with Gasteiger partial charge in [0.2, 0.25) is 0 Å². The van der Waals surface area contributed by atoms with Crippen molar-refractivity contribution in [1.82, 2.24) is 20.3 Å². The summed E-state index contributed by atoms with van der Waals surface area (Å²) < 4.78 is 20.9. The summed E-state index contributed by atoms with van der Waals surface area (Å²) in [6, 6.07) is 4.18. The topological polar surface area (TPSA) is 93.2 Å². The molecule has 1 aromatic carbocycles. The molecule has 1 atom stereocenters. The molecule has 9 heteroatoms. The van der Waals surface area contributed by atoms with E-state index in [1.54, 1.807) is 31.8 Å². The van der Waals surface area contributed by atoms with Gasteiger partial charge in [0.05, 0.1) is 23.3 Å². The van der Waals surface area contributed by atoms with E-state index in [2.05, 4.69) is 15.6 Å². The van der Waals surface area contributed by atoms with Crippen LogP contribution in [0.5, 0.6) is 0 Å². The molecule has 0 saturated heterocycles. The van der Waals surface area contributed by atoms with E-state index in [0.717, 1.165) is 0 Å². The van der Waals surface area contributed by atoms with Crippen molar-refractivity contribution in [3.8, 4) is 11.3 Å². The second kappa shape index (κ2) is 7.13. The summed E-state index contributed by atoms with van der Waals surface area (Å²) in [5.41, 5.74) is -0.742. The third kappa shape index (κ3) is 3.72. The highest BCUT2D eigenvalue weighted by atomic mass is 35.5. The lowest BCUT2D eigenvalue weighted by molar-refractivity contribution is 0.0525. The van der Waals surface area contributed by atoms with E-state index in [1.807, 2.05) is 0 Å². The van der Waals surface area contributed by atoms with Crippen LogP contribution in [0, 0.1) is 12.7 Å². The van der Waals surface area contributed by atoms with Crippen LogP contribution < -0.4 is 5.32 Å². The Balaban J connectivity index is 1.87. The average Bonchev–Trinajstić information content (AvgIpc) is 3.19. The number of amides is 1. The van der Waals surface area contributed by atoms with Crippen LogP contribution in [0.4, 0.5) is 4.39 Å². The molecular formula is C18H18ClFN4O3. The number of hydrogen-bond donors (Lipinski definition) is 2. The summed E-state index contributed by atoms with van der Waals surface area (Å²) in [5.74, 6) is -0.970. The van der Waals surface area contributed by atoms with Crippen LogP contribution in [0.3, 0.4) is 0 Å². The smallest absolute Gasteiger partial charge is 0.257 e. The van der Waals surface area contributed by atoms with Crippen LogP contribution >= 0.6 is 11.6 Å². The number of nitrogens with zero attached hydrogens (tertiary/aromatic N) is 3. The molecule has 7 nitrogen and oxygen atoms in total. The van der Waals surface area contributed by atoms with Crippen LogP contribution in [0.25, 0.3) is 11.3 Å². The standard InChI is InChI=1S/C18H18ClFN4O3/c1-10-14(16(23-27-10)15-12(19)5-4-6-13(15)20)17(25)21-9-18(2,26)11-7-22-24(3)8-11/h4-8,26H,9H2,1-3H3,(H,21,25). The Bertz CT molecular complexity index is 976. The number of carbonyl (C=O) groups excluding carboxylic acids is 1. The third-order valence-electron chi connectivity index (χ3n) is 4.21. The molecule has 0 fully saturated rings. The van der Waals surface area contributed by atoms with Crippen molar-refractivity contribution in [2.24, 2.45) is 7.05 Å². The Morgan fingerprint density at radius 1 is 1.48 bits per heavy atom. The first-order valence-electron chi connectivity index (χ1n) is 8.11. The van der Waals surface area contributed by atoms with Gasteiger partial charge in [-0.3, -0.25) is 9.48 Å². The van der Waals surface area contributed by atoms with Gasteiger partial charge in [0.1, 0.15) is 28.4 Å². The number of nitrogens with one attached hydrogen (secondary N) is 1. The molecule has 3 aromatic rings. The third-order valence-corrected chi connectivity index (χ3v) is 4.52. The van der Waals surface area contributed by atoms with Gasteiger partial charge in [-0.2, -0.15) is 5.10 Å². The summed E-state index contributed by atoms with van der Waals surface area (Å²) in [5, 5.41) is 21.2. The molecule has 2 aromatic heterocycles. The Morgan fingerprint density at radius 3 is 2.85 bits per heavy atom. The van der Waals surface area contributed by atoms with Crippen molar-refractivity contribution < 1.29 is 18.8 Å². The number of benzene rings is 1. The number of halogens is 2. The van der Waals surface area contributed by atoms with Crippen LogP contribution in [0.2, 0.25) is 5.02 Å². The Kier molecular flexibility index (Phi) is 5.03. The number of aliphatic hydroxyl groups is 1. The summed E-state index contributed by atoms with van der Waals surface area (Å²) in [7, 11) is 1.73. The van der Waals surface area contributed by atoms with Gasteiger partial charge in [0.25, 0.3) is 5.91 Å². The normalized spacial score (nSPS) is 13.4. The molecule has 2 N–H and O–H groups in total. The zero-order chi connectivity index (χ0) is 19.8. The maximum atomic E-state index is 14.2. The monoisotopic (exact) mass is 392 g/mol. The number of aromatic nitrogens is 3. The molecule has 0 saturated carbocycles. The van der Waals surface area contributed by atoms with E-state index in [0.29, 0.717) is 5.56 Å². The summed E-state index contributed by atoms with van der Waals surface area (Å²) in [4.78, 5) is 12.7. The van der Waals surface area contributed by atoms with E-state index in [1.165, 1.54) is 24.4 Å². The lowest BCUT2D eigenvalue weighted by atomic mass is 9.99. The minimum absolute atomic E-state index is 0.00845. The number of aryl methyl sites for hydroxylation is 2. The fourth-order valence-corrected chi connectivity index (χ4v) is 2.93. The van der Waals surface area contributed by atoms with Crippen molar-refractivity contribution in [3.05, 3.63) is 58.3 Å². The molecule has 0 bridgehead atoms. The van der Waals surface area contributed by atoms with Gasteiger partial charge in [0, 0.05) is 18.8 Å². The molecule has 0 aliphatic carbocycles. The maximum absolute atomic E-state index is 14.2.